The van der Waals surface area contributed by atoms with Crippen LogP contribution in [0.1, 0.15) is 54.7 Å². The zero-order valence-corrected chi connectivity index (χ0v) is 20.2. The number of halogens is 3. The lowest BCUT2D eigenvalue weighted by Crippen LogP contribution is -2.42. The molecule has 0 spiro atoms. The van der Waals surface area contributed by atoms with Gasteiger partial charge in [-0.2, -0.15) is 13.2 Å². The second kappa shape index (κ2) is 9.15. The number of ether oxygens (including phenoxy) is 1. The number of carbonyl (C=O) groups excluding carboxylic acids is 1. The first-order chi connectivity index (χ1) is 17.1. The Bertz CT molecular complexity index is 1320. The average molecular weight is 500 g/mol. The van der Waals surface area contributed by atoms with Crippen LogP contribution in [0.2, 0.25) is 0 Å². The standard InChI is InChI=1S/C26H28F3N5O2/c1-14(17-9-18(26(27,28)29)12-19(30)10-17)31-24-20-13-23-16(11-21(20)32-15(2)33-24)5-6-22(36-23)25(35)34-7-3-4-8-34/h9-14,22H,3-8,30H2,1-2H3,(H,31,32,33)/t14-,22+/m1/s1. The van der Waals surface area contributed by atoms with Crippen molar-refractivity contribution in [2.24, 2.45) is 0 Å². The first-order valence-electron chi connectivity index (χ1n) is 12.1. The quantitative estimate of drug-likeness (QED) is 0.489. The van der Waals surface area contributed by atoms with Crippen LogP contribution in [0, 0.1) is 6.92 Å². The first-order valence-corrected chi connectivity index (χ1v) is 12.1. The Morgan fingerprint density at radius 3 is 2.64 bits per heavy atom. The Hall–Kier alpha value is -3.56. The SMILES string of the molecule is Cc1nc(N[C@H](C)c2cc(N)cc(C(F)(F)F)c2)c2cc3c(cc2n1)CC[C@@H](C(=O)N1CCCC1)O3. The Morgan fingerprint density at radius 1 is 1.17 bits per heavy atom. The zero-order chi connectivity index (χ0) is 25.6. The van der Waals surface area contributed by atoms with Crippen LogP contribution < -0.4 is 15.8 Å². The third-order valence-corrected chi connectivity index (χ3v) is 6.79. The van der Waals surface area contributed by atoms with E-state index in [-0.39, 0.29) is 11.6 Å². The number of nitrogens with two attached hydrogens (primary N) is 1. The highest BCUT2D eigenvalue weighted by Gasteiger charge is 2.33. The maximum absolute atomic E-state index is 13.3. The maximum Gasteiger partial charge on any atom is 0.416 e. The lowest BCUT2D eigenvalue weighted by atomic mass is 9.99. The molecule has 190 valence electrons. The molecule has 7 nitrogen and oxygen atoms in total. The van der Waals surface area contributed by atoms with Crippen molar-refractivity contribution >= 4 is 28.3 Å². The summed E-state index contributed by atoms with van der Waals surface area (Å²) < 4.78 is 46.1. The van der Waals surface area contributed by atoms with E-state index >= 15 is 0 Å². The summed E-state index contributed by atoms with van der Waals surface area (Å²) in [5.41, 5.74) is 7.05. The third kappa shape index (κ3) is 4.76. The van der Waals surface area contributed by atoms with E-state index in [0.29, 0.717) is 46.7 Å². The summed E-state index contributed by atoms with van der Waals surface area (Å²) >= 11 is 0. The number of likely N-dealkylation sites (tertiary alicyclic amines) is 1. The van der Waals surface area contributed by atoms with E-state index in [0.717, 1.165) is 43.6 Å². The van der Waals surface area contributed by atoms with Gasteiger partial charge >= 0.3 is 6.18 Å². The van der Waals surface area contributed by atoms with Gasteiger partial charge in [-0.25, -0.2) is 9.97 Å². The Kier molecular flexibility index (Phi) is 6.13. The number of rotatable bonds is 4. The van der Waals surface area contributed by atoms with Crippen LogP contribution in [0.3, 0.4) is 0 Å². The monoisotopic (exact) mass is 499 g/mol. The molecule has 0 bridgehead atoms. The molecule has 0 unspecified atom stereocenters. The number of hydrogen-bond donors (Lipinski definition) is 2. The minimum Gasteiger partial charge on any atom is -0.480 e. The van der Waals surface area contributed by atoms with Gasteiger partial charge in [-0.05, 0) is 81.0 Å². The van der Waals surface area contributed by atoms with E-state index in [4.69, 9.17) is 10.5 Å². The topological polar surface area (TPSA) is 93.4 Å². The Morgan fingerprint density at radius 2 is 1.92 bits per heavy atom. The number of aromatic nitrogens is 2. The summed E-state index contributed by atoms with van der Waals surface area (Å²) in [6.07, 6.45) is -1.69. The first kappa shape index (κ1) is 24.1. The van der Waals surface area contributed by atoms with Crippen molar-refractivity contribution in [1.82, 2.24) is 14.9 Å². The number of nitrogen functional groups attached to an aromatic ring is 1. The fourth-order valence-electron chi connectivity index (χ4n) is 4.92. The number of aryl methyl sites for hydroxylation is 2. The molecule has 2 aliphatic heterocycles. The molecule has 2 aromatic carbocycles. The molecule has 0 aliphatic carbocycles. The van der Waals surface area contributed by atoms with E-state index in [1.165, 1.54) is 6.07 Å². The fourth-order valence-corrected chi connectivity index (χ4v) is 4.92. The number of hydrogen-bond acceptors (Lipinski definition) is 6. The maximum atomic E-state index is 13.3. The van der Waals surface area contributed by atoms with Gasteiger partial charge in [0.2, 0.25) is 0 Å². The lowest BCUT2D eigenvalue weighted by molar-refractivity contribution is -0.138. The number of amides is 1. The van der Waals surface area contributed by atoms with Gasteiger partial charge in [0.05, 0.1) is 17.1 Å². The van der Waals surface area contributed by atoms with Crippen molar-refractivity contribution in [2.75, 3.05) is 24.1 Å². The van der Waals surface area contributed by atoms with Crippen LogP contribution >= 0.6 is 0 Å². The zero-order valence-electron chi connectivity index (χ0n) is 20.2. The van der Waals surface area contributed by atoms with Crippen LogP contribution in [0.5, 0.6) is 5.75 Å². The Balaban J connectivity index is 1.46. The van der Waals surface area contributed by atoms with E-state index < -0.39 is 23.9 Å². The molecule has 2 atom stereocenters. The number of alkyl halides is 3. The van der Waals surface area contributed by atoms with E-state index in [2.05, 4.69) is 15.3 Å². The lowest BCUT2D eigenvalue weighted by Gasteiger charge is -2.29. The van der Waals surface area contributed by atoms with Gasteiger partial charge < -0.3 is 20.7 Å². The minimum atomic E-state index is -4.50. The highest BCUT2D eigenvalue weighted by atomic mass is 19.4. The van der Waals surface area contributed by atoms with E-state index in [1.807, 2.05) is 17.0 Å². The van der Waals surface area contributed by atoms with Crippen molar-refractivity contribution < 1.29 is 22.7 Å². The van der Waals surface area contributed by atoms with Crippen molar-refractivity contribution in [3.05, 3.63) is 52.8 Å². The summed E-state index contributed by atoms with van der Waals surface area (Å²) in [7, 11) is 0. The molecule has 5 rings (SSSR count). The van der Waals surface area contributed by atoms with Gasteiger partial charge in [0.15, 0.2) is 6.10 Å². The van der Waals surface area contributed by atoms with Gasteiger partial charge in [0.25, 0.3) is 5.91 Å². The molecular formula is C26H28F3N5O2. The fraction of sp³-hybridized carbons (Fsp3) is 0.423. The van der Waals surface area contributed by atoms with Crippen molar-refractivity contribution in [2.45, 2.75) is 57.9 Å². The summed E-state index contributed by atoms with van der Waals surface area (Å²) in [4.78, 5) is 23.8. The number of nitrogens with zero attached hydrogens (tertiary/aromatic N) is 3. The van der Waals surface area contributed by atoms with Gasteiger partial charge in [-0.3, -0.25) is 4.79 Å². The second-order valence-electron chi connectivity index (χ2n) is 9.53. The molecule has 0 saturated carbocycles. The molecule has 1 aromatic heterocycles. The molecule has 3 aromatic rings. The van der Waals surface area contributed by atoms with Crippen molar-refractivity contribution in [1.29, 1.82) is 0 Å². The highest BCUT2D eigenvalue weighted by molar-refractivity contribution is 5.91. The van der Waals surface area contributed by atoms with Crippen LogP contribution in [-0.4, -0.2) is 40.0 Å². The smallest absolute Gasteiger partial charge is 0.416 e. The van der Waals surface area contributed by atoms with Gasteiger partial charge in [0, 0.05) is 24.2 Å². The second-order valence-corrected chi connectivity index (χ2v) is 9.53. The molecular weight excluding hydrogens is 471 g/mol. The van der Waals surface area contributed by atoms with E-state index in [9.17, 15) is 18.0 Å². The number of benzene rings is 2. The summed E-state index contributed by atoms with van der Waals surface area (Å²) in [5.74, 6) is 1.63. The average Bonchev–Trinajstić information content (AvgIpc) is 3.36. The Labute approximate surface area is 206 Å². The molecule has 1 amide bonds. The molecule has 3 N–H and O–H groups in total. The molecule has 2 aliphatic rings. The van der Waals surface area contributed by atoms with Crippen molar-refractivity contribution in [3.8, 4) is 5.75 Å². The van der Waals surface area contributed by atoms with Gasteiger partial charge in [-0.1, -0.05) is 0 Å². The molecule has 1 fully saturated rings. The summed E-state index contributed by atoms with van der Waals surface area (Å²) in [6, 6.07) is 6.77. The predicted molar refractivity (Wildman–Crippen MR) is 131 cm³/mol. The van der Waals surface area contributed by atoms with Gasteiger partial charge in [-0.15, -0.1) is 0 Å². The number of anilines is 2. The summed E-state index contributed by atoms with van der Waals surface area (Å²) in [5, 5.41) is 3.90. The largest absolute Gasteiger partial charge is 0.480 e. The highest BCUT2D eigenvalue weighted by Crippen LogP contribution is 2.37. The summed E-state index contributed by atoms with van der Waals surface area (Å²) in [6.45, 7) is 5.04. The normalized spacial score (nSPS) is 18.6. The van der Waals surface area contributed by atoms with Crippen LogP contribution in [0.4, 0.5) is 24.7 Å². The number of fused-ring (bicyclic) bond motifs is 2. The molecule has 10 heteroatoms. The van der Waals surface area contributed by atoms with Crippen LogP contribution in [0.25, 0.3) is 10.9 Å². The number of carbonyl (C=O) groups is 1. The number of nitrogens with one attached hydrogen (secondary N) is 1. The molecule has 1 saturated heterocycles. The third-order valence-electron chi connectivity index (χ3n) is 6.79. The molecule has 36 heavy (non-hydrogen) atoms. The van der Waals surface area contributed by atoms with Crippen molar-refractivity contribution in [3.63, 3.8) is 0 Å². The predicted octanol–water partition coefficient (Wildman–Crippen LogP) is 5.03. The molecule has 0 radical (unpaired) electrons. The van der Waals surface area contributed by atoms with Crippen LogP contribution in [-0.2, 0) is 17.4 Å². The minimum absolute atomic E-state index is 0.0208. The van der Waals surface area contributed by atoms with Crippen LogP contribution in [0.15, 0.2) is 30.3 Å². The van der Waals surface area contributed by atoms with Gasteiger partial charge in [0.1, 0.15) is 17.4 Å². The molecule has 3 heterocycles. The van der Waals surface area contributed by atoms with E-state index in [1.54, 1.807) is 13.8 Å².